The van der Waals surface area contributed by atoms with Gasteiger partial charge in [-0.3, -0.25) is 4.98 Å². The number of phenolic OH excluding ortho intramolecular Hbond substituents is 1. The zero-order valence-corrected chi connectivity index (χ0v) is 13.0. The van der Waals surface area contributed by atoms with E-state index in [1.165, 1.54) is 0 Å². The van der Waals surface area contributed by atoms with E-state index in [0.29, 0.717) is 5.75 Å². The number of ether oxygens (including phenoxy) is 1. The van der Waals surface area contributed by atoms with Crippen molar-refractivity contribution in [3.63, 3.8) is 0 Å². The van der Waals surface area contributed by atoms with Gasteiger partial charge in [-0.15, -0.1) is 0 Å². The highest BCUT2D eigenvalue weighted by molar-refractivity contribution is 5.79. The highest BCUT2D eigenvalue weighted by Gasteiger charge is 2.32. The molecule has 0 unspecified atom stereocenters. The number of hydrogen-bond donors (Lipinski definition) is 1. The van der Waals surface area contributed by atoms with Crippen LogP contribution < -0.4 is 4.74 Å². The molecule has 0 radical (unpaired) electrons. The maximum Gasteiger partial charge on any atom is 0.127 e. The highest BCUT2D eigenvalue weighted by atomic mass is 16.5. The molecule has 0 atom stereocenters. The topological polar surface area (TPSA) is 42.4 Å². The summed E-state index contributed by atoms with van der Waals surface area (Å²) in [6.07, 6.45) is 5.36. The summed E-state index contributed by atoms with van der Waals surface area (Å²) in [4.78, 5) is 4.06. The third-order valence-corrected chi connectivity index (χ3v) is 4.40. The Morgan fingerprint density at radius 2 is 1.81 bits per heavy atom. The van der Waals surface area contributed by atoms with E-state index in [2.05, 4.69) is 18.8 Å². The van der Waals surface area contributed by atoms with Crippen molar-refractivity contribution in [1.29, 1.82) is 0 Å². The quantitative estimate of drug-likeness (QED) is 0.854. The number of hydrogen-bond acceptors (Lipinski definition) is 3. The Labute approximate surface area is 125 Å². The highest BCUT2D eigenvalue weighted by Crippen LogP contribution is 2.47. The first-order chi connectivity index (χ1) is 9.91. The molecule has 1 aromatic carbocycles. The van der Waals surface area contributed by atoms with E-state index in [0.717, 1.165) is 46.4 Å². The van der Waals surface area contributed by atoms with Gasteiger partial charge in [0.2, 0.25) is 0 Å². The van der Waals surface area contributed by atoms with Crippen LogP contribution in [-0.2, 0) is 6.42 Å². The SMILES string of the molecule is Cc1c(C)c2c(c(-c3ccncc3)c1O)CCC(C)(C)O2. The molecule has 1 aliphatic heterocycles. The number of rotatable bonds is 1. The van der Waals surface area contributed by atoms with E-state index in [1.54, 1.807) is 12.4 Å². The van der Waals surface area contributed by atoms with Crippen molar-refractivity contribution in [1.82, 2.24) is 4.98 Å². The third-order valence-electron chi connectivity index (χ3n) is 4.40. The van der Waals surface area contributed by atoms with E-state index in [-0.39, 0.29) is 5.60 Å². The van der Waals surface area contributed by atoms with Crippen molar-refractivity contribution in [2.45, 2.75) is 46.1 Å². The Kier molecular flexibility index (Phi) is 3.16. The summed E-state index contributed by atoms with van der Waals surface area (Å²) < 4.78 is 6.22. The minimum atomic E-state index is -0.156. The Balaban J connectivity index is 2.29. The van der Waals surface area contributed by atoms with Crippen LogP contribution in [-0.4, -0.2) is 15.7 Å². The molecule has 3 rings (SSSR count). The minimum absolute atomic E-state index is 0.156. The lowest BCUT2D eigenvalue weighted by Crippen LogP contribution is -2.33. The van der Waals surface area contributed by atoms with Gasteiger partial charge in [0.15, 0.2) is 0 Å². The van der Waals surface area contributed by atoms with Gasteiger partial charge in [0, 0.05) is 23.5 Å². The molecule has 0 saturated carbocycles. The maximum atomic E-state index is 10.6. The average Bonchev–Trinajstić information content (AvgIpc) is 2.47. The van der Waals surface area contributed by atoms with E-state index >= 15 is 0 Å². The monoisotopic (exact) mass is 283 g/mol. The van der Waals surface area contributed by atoms with Gasteiger partial charge in [-0.25, -0.2) is 0 Å². The zero-order chi connectivity index (χ0) is 15.2. The van der Waals surface area contributed by atoms with Crippen LogP contribution in [0.5, 0.6) is 11.5 Å². The number of pyridine rings is 1. The van der Waals surface area contributed by atoms with Crippen LogP contribution in [0, 0.1) is 13.8 Å². The molecule has 110 valence electrons. The van der Waals surface area contributed by atoms with Gasteiger partial charge in [-0.1, -0.05) is 0 Å². The smallest absolute Gasteiger partial charge is 0.127 e. The summed E-state index contributed by atoms with van der Waals surface area (Å²) in [6, 6.07) is 3.87. The molecule has 0 amide bonds. The molecule has 3 heteroatoms. The first-order valence-corrected chi connectivity index (χ1v) is 7.35. The van der Waals surface area contributed by atoms with Gasteiger partial charge in [0.25, 0.3) is 0 Å². The number of fused-ring (bicyclic) bond motifs is 1. The second kappa shape index (κ2) is 4.76. The second-order valence-corrected chi connectivity index (χ2v) is 6.38. The summed E-state index contributed by atoms with van der Waals surface area (Å²) in [7, 11) is 0. The molecule has 2 heterocycles. The number of aromatic hydroxyl groups is 1. The van der Waals surface area contributed by atoms with Crippen LogP contribution in [0.15, 0.2) is 24.5 Å². The van der Waals surface area contributed by atoms with E-state index in [4.69, 9.17) is 4.74 Å². The fourth-order valence-electron chi connectivity index (χ4n) is 2.98. The Morgan fingerprint density at radius 3 is 2.48 bits per heavy atom. The van der Waals surface area contributed by atoms with E-state index in [9.17, 15) is 5.11 Å². The van der Waals surface area contributed by atoms with Gasteiger partial charge in [-0.05, 0) is 69.4 Å². The van der Waals surface area contributed by atoms with Crippen molar-refractivity contribution in [3.05, 3.63) is 41.2 Å². The van der Waals surface area contributed by atoms with Crippen LogP contribution in [0.4, 0.5) is 0 Å². The largest absolute Gasteiger partial charge is 0.507 e. The molecule has 0 saturated heterocycles. The lowest BCUT2D eigenvalue weighted by molar-refractivity contribution is 0.0836. The first-order valence-electron chi connectivity index (χ1n) is 7.35. The van der Waals surface area contributed by atoms with Gasteiger partial charge < -0.3 is 9.84 Å². The number of nitrogens with zero attached hydrogens (tertiary/aromatic N) is 1. The van der Waals surface area contributed by atoms with Crippen LogP contribution in [0.2, 0.25) is 0 Å². The van der Waals surface area contributed by atoms with Crippen LogP contribution in [0.1, 0.15) is 37.0 Å². The predicted molar refractivity (Wildman–Crippen MR) is 83.8 cm³/mol. The molecule has 0 aliphatic carbocycles. The number of aromatic nitrogens is 1. The molecule has 2 aromatic rings. The lowest BCUT2D eigenvalue weighted by Gasteiger charge is -2.35. The molecule has 1 aromatic heterocycles. The lowest BCUT2D eigenvalue weighted by atomic mass is 9.85. The molecule has 1 N–H and O–H groups in total. The first kappa shape index (κ1) is 13.9. The minimum Gasteiger partial charge on any atom is -0.507 e. The predicted octanol–water partition coefficient (Wildman–Crippen LogP) is 4.17. The summed E-state index contributed by atoms with van der Waals surface area (Å²) in [6.45, 7) is 8.19. The Hall–Kier alpha value is -2.03. The molecule has 0 fully saturated rings. The second-order valence-electron chi connectivity index (χ2n) is 6.38. The summed E-state index contributed by atoms with van der Waals surface area (Å²) in [5, 5.41) is 10.6. The van der Waals surface area contributed by atoms with Crippen LogP contribution in [0.3, 0.4) is 0 Å². The molecule has 0 spiro atoms. The Morgan fingerprint density at radius 1 is 1.14 bits per heavy atom. The molecule has 21 heavy (non-hydrogen) atoms. The van der Waals surface area contributed by atoms with Gasteiger partial charge in [0.05, 0.1) is 0 Å². The third kappa shape index (κ3) is 2.27. The summed E-state index contributed by atoms with van der Waals surface area (Å²) in [5.41, 5.74) is 4.76. The van der Waals surface area contributed by atoms with Crippen LogP contribution >= 0.6 is 0 Å². The average molecular weight is 283 g/mol. The molecule has 1 aliphatic rings. The molecule has 3 nitrogen and oxygen atoms in total. The van der Waals surface area contributed by atoms with Crippen LogP contribution in [0.25, 0.3) is 11.1 Å². The van der Waals surface area contributed by atoms with E-state index in [1.807, 2.05) is 26.0 Å². The van der Waals surface area contributed by atoms with Crippen molar-refractivity contribution < 1.29 is 9.84 Å². The number of benzene rings is 1. The van der Waals surface area contributed by atoms with Crippen molar-refractivity contribution in [2.75, 3.05) is 0 Å². The van der Waals surface area contributed by atoms with E-state index < -0.39 is 0 Å². The fourth-order valence-corrected chi connectivity index (χ4v) is 2.98. The molecular formula is C18H21NO2. The van der Waals surface area contributed by atoms with Gasteiger partial charge >= 0.3 is 0 Å². The normalized spacial score (nSPS) is 16.2. The zero-order valence-electron chi connectivity index (χ0n) is 13.0. The summed E-state index contributed by atoms with van der Waals surface area (Å²) >= 11 is 0. The maximum absolute atomic E-state index is 10.6. The fraction of sp³-hybridized carbons (Fsp3) is 0.389. The molecule has 0 bridgehead atoms. The standard InChI is InChI=1S/C18H21NO2/c1-11-12(2)17-14(5-8-18(3,4)21-17)15(16(11)20)13-6-9-19-10-7-13/h6-7,9-10,20H,5,8H2,1-4H3. The van der Waals surface area contributed by atoms with Gasteiger partial charge in [-0.2, -0.15) is 0 Å². The number of phenols is 1. The van der Waals surface area contributed by atoms with Gasteiger partial charge in [0.1, 0.15) is 17.1 Å². The van der Waals surface area contributed by atoms with Crippen molar-refractivity contribution >= 4 is 0 Å². The molecular weight excluding hydrogens is 262 g/mol. The Bertz CT molecular complexity index is 690. The summed E-state index contributed by atoms with van der Waals surface area (Å²) in [5.74, 6) is 1.30. The van der Waals surface area contributed by atoms with Crippen molar-refractivity contribution in [3.8, 4) is 22.6 Å². The van der Waals surface area contributed by atoms with Crippen molar-refractivity contribution in [2.24, 2.45) is 0 Å².